The molecule has 0 N–H and O–H groups in total. The van der Waals surface area contributed by atoms with Gasteiger partial charge in [-0.15, -0.1) is 0 Å². The molecule has 6 nitrogen and oxygen atoms in total. The maximum absolute atomic E-state index is 10.9. The Morgan fingerprint density at radius 2 is 1.52 bits per heavy atom. The van der Waals surface area contributed by atoms with E-state index in [9.17, 15) is 10.1 Å². The van der Waals surface area contributed by atoms with Crippen molar-refractivity contribution in [1.82, 2.24) is 15.0 Å². The zero-order valence-corrected chi connectivity index (χ0v) is 12.9. The number of rotatable bonds is 2. The van der Waals surface area contributed by atoms with Crippen LogP contribution < -0.4 is 0 Å². The molecule has 3 aromatic carbocycles. The molecule has 0 aliphatic carbocycles. The first-order valence-electron chi connectivity index (χ1n) is 7.72. The lowest BCUT2D eigenvalue weighted by Crippen LogP contribution is -1.93. The highest BCUT2D eigenvalue weighted by Gasteiger charge is 2.14. The molecule has 2 heterocycles. The van der Waals surface area contributed by atoms with Crippen LogP contribution in [0.5, 0.6) is 0 Å². The van der Waals surface area contributed by atoms with Crippen molar-refractivity contribution < 1.29 is 4.92 Å². The van der Waals surface area contributed by atoms with Gasteiger partial charge in [-0.05, 0) is 30.3 Å². The number of nitro benzene ring substituents is 1. The summed E-state index contributed by atoms with van der Waals surface area (Å²) in [6.45, 7) is 0. The van der Waals surface area contributed by atoms with Crippen molar-refractivity contribution in [3.05, 3.63) is 71.2 Å². The summed E-state index contributed by atoms with van der Waals surface area (Å²) in [7, 11) is 0. The van der Waals surface area contributed by atoms with Gasteiger partial charge in [0.05, 0.1) is 21.7 Å². The fourth-order valence-corrected chi connectivity index (χ4v) is 3.33. The van der Waals surface area contributed by atoms with Gasteiger partial charge < -0.3 is 0 Å². The molecule has 0 bridgehead atoms. The van der Waals surface area contributed by atoms with Gasteiger partial charge in [0, 0.05) is 45.4 Å². The minimum atomic E-state index is -0.404. The van der Waals surface area contributed by atoms with Crippen LogP contribution in [0.4, 0.5) is 5.69 Å². The summed E-state index contributed by atoms with van der Waals surface area (Å²) < 4.78 is 0. The van der Waals surface area contributed by atoms with Crippen LogP contribution in [0.3, 0.4) is 0 Å². The number of hydrogen-bond acceptors (Lipinski definition) is 5. The van der Waals surface area contributed by atoms with Gasteiger partial charge in [0.2, 0.25) is 0 Å². The lowest BCUT2D eigenvalue weighted by atomic mass is 9.96. The summed E-state index contributed by atoms with van der Waals surface area (Å²) in [5.74, 6) is 0. The Kier molecular flexibility index (Phi) is 2.70. The third-order valence-corrected chi connectivity index (χ3v) is 4.48. The monoisotopic (exact) mass is 326 g/mol. The number of hydrogen-bond donors (Lipinski definition) is 0. The molecular weight excluding hydrogens is 316 g/mol. The highest BCUT2D eigenvalue weighted by Crippen LogP contribution is 2.36. The fraction of sp³-hybridized carbons (Fsp3) is 0. The molecule has 0 atom stereocenters. The molecule has 5 aromatic rings. The van der Waals surface area contributed by atoms with E-state index in [0.29, 0.717) is 0 Å². The summed E-state index contributed by atoms with van der Waals surface area (Å²) >= 11 is 0. The quantitative estimate of drug-likeness (QED) is 0.274. The molecule has 118 valence electrons. The van der Waals surface area contributed by atoms with Gasteiger partial charge in [-0.3, -0.25) is 15.1 Å². The van der Waals surface area contributed by atoms with Crippen LogP contribution in [-0.2, 0) is 0 Å². The largest absolute Gasteiger partial charge is 0.269 e. The summed E-state index contributed by atoms with van der Waals surface area (Å²) in [4.78, 5) is 23.8. The summed E-state index contributed by atoms with van der Waals surface area (Å²) in [6.07, 6.45) is 3.39. The topological polar surface area (TPSA) is 81.8 Å². The number of benzene rings is 3. The van der Waals surface area contributed by atoms with Gasteiger partial charge in [0.25, 0.3) is 5.69 Å². The second kappa shape index (κ2) is 4.91. The predicted octanol–water partition coefficient (Wildman–Crippen LogP) is 4.34. The zero-order valence-electron chi connectivity index (χ0n) is 12.9. The van der Waals surface area contributed by atoms with Gasteiger partial charge in [-0.2, -0.15) is 0 Å². The standard InChI is InChI=1S/C19H10N4O2/c24-23(25)13-4-1-11(2-5-13)19-14-6-8-16-18-15(21-10-22-16)7-3-12(9-20-19)17(14)18/h1-10H. The Labute approximate surface area is 141 Å². The number of non-ortho nitro benzene ring substituents is 1. The van der Waals surface area contributed by atoms with E-state index in [1.165, 1.54) is 12.1 Å². The molecule has 0 saturated heterocycles. The smallest absolute Gasteiger partial charge is 0.258 e. The summed E-state index contributed by atoms with van der Waals surface area (Å²) in [5.41, 5.74) is 3.48. The molecule has 2 aromatic heterocycles. The number of nitrogens with zero attached hydrogens (tertiary/aromatic N) is 4. The number of aromatic nitrogens is 3. The maximum Gasteiger partial charge on any atom is 0.269 e. The molecule has 0 unspecified atom stereocenters. The molecule has 0 aliphatic rings. The van der Waals surface area contributed by atoms with Crippen molar-refractivity contribution in [1.29, 1.82) is 0 Å². The Morgan fingerprint density at radius 3 is 2.24 bits per heavy atom. The van der Waals surface area contributed by atoms with Crippen molar-refractivity contribution in [3.8, 4) is 11.3 Å². The zero-order chi connectivity index (χ0) is 17.0. The van der Waals surface area contributed by atoms with Gasteiger partial charge in [-0.1, -0.05) is 6.07 Å². The molecule has 5 rings (SSSR count). The van der Waals surface area contributed by atoms with Crippen LogP contribution in [0.1, 0.15) is 0 Å². The Balaban J connectivity index is 1.86. The summed E-state index contributed by atoms with van der Waals surface area (Å²) in [6, 6.07) is 14.4. The van der Waals surface area contributed by atoms with E-state index in [0.717, 1.165) is 43.8 Å². The predicted molar refractivity (Wildman–Crippen MR) is 95.6 cm³/mol. The molecular formula is C19H10N4O2. The number of pyridine rings is 1. The van der Waals surface area contributed by atoms with Crippen LogP contribution in [0.2, 0.25) is 0 Å². The van der Waals surface area contributed by atoms with Crippen LogP contribution in [0, 0.1) is 10.1 Å². The van der Waals surface area contributed by atoms with Crippen LogP contribution in [0.25, 0.3) is 43.8 Å². The molecule has 0 amide bonds. The Morgan fingerprint density at radius 1 is 0.800 bits per heavy atom. The van der Waals surface area contributed by atoms with Crippen molar-refractivity contribution in [2.75, 3.05) is 0 Å². The first-order chi connectivity index (χ1) is 12.2. The number of nitro groups is 1. The van der Waals surface area contributed by atoms with Crippen molar-refractivity contribution in [3.63, 3.8) is 0 Å². The van der Waals surface area contributed by atoms with E-state index in [1.54, 1.807) is 18.5 Å². The van der Waals surface area contributed by atoms with E-state index in [1.807, 2.05) is 30.5 Å². The minimum Gasteiger partial charge on any atom is -0.258 e. The van der Waals surface area contributed by atoms with Crippen molar-refractivity contribution >= 4 is 38.3 Å². The molecule has 0 saturated carbocycles. The molecule has 0 radical (unpaired) electrons. The first kappa shape index (κ1) is 13.7. The van der Waals surface area contributed by atoms with Crippen LogP contribution >= 0.6 is 0 Å². The van der Waals surface area contributed by atoms with Crippen LogP contribution in [-0.4, -0.2) is 19.9 Å². The molecule has 6 heteroatoms. The molecule has 0 spiro atoms. The average Bonchev–Trinajstić information content (AvgIpc) is 2.66. The molecule has 0 fully saturated rings. The second-order valence-corrected chi connectivity index (χ2v) is 5.84. The van der Waals surface area contributed by atoms with Crippen molar-refractivity contribution in [2.45, 2.75) is 0 Å². The lowest BCUT2D eigenvalue weighted by molar-refractivity contribution is -0.384. The van der Waals surface area contributed by atoms with Gasteiger partial charge in [-0.25, -0.2) is 9.97 Å². The normalized spacial score (nSPS) is 11.5. The third-order valence-electron chi connectivity index (χ3n) is 4.48. The highest BCUT2D eigenvalue weighted by molar-refractivity contribution is 6.23. The average molecular weight is 326 g/mol. The minimum absolute atomic E-state index is 0.0647. The lowest BCUT2D eigenvalue weighted by Gasteiger charge is -2.12. The van der Waals surface area contributed by atoms with Gasteiger partial charge >= 0.3 is 0 Å². The summed E-state index contributed by atoms with van der Waals surface area (Å²) in [5, 5.41) is 15.0. The van der Waals surface area contributed by atoms with E-state index in [4.69, 9.17) is 0 Å². The SMILES string of the molecule is O=[N+]([O-])c1ccc(-c2ncc3ccc4ncnc5ccc2c3c45)cc1. The van der Waals surface area contributed by atoms with Gasteiger partial charge in [0.1, 0.15) is 6.33 Å². The highest BCUT2D eigenvalue weighted by atomic mass is 16.6. The Hall–Kier alpha value is -3.67. The van der Waals surface area contributed by atoms with E-state index >= 15 is 0 Å². The Bertz CT molecular complexity index is 1250. The van der Waals surface area contributed by atoms with Crippen LogP contribution in [0.15, 0.2) is 61.1 Å². The van der Waals surface area contributed by atoms with E-state index < -0.39 is 4.92 Å². The third kappa shape index (κ3) is 1.94. The second-order valence-electron chi connectivity index (χ2n) is 5.84. The first-order valence-corrected chi connectivity index (χ1v) is 7.72. The fourth-order valence-electron chi connectivity index (χ4n) is 3.33. The van der Waals surface area contributed by atoms with E-state index in [-0.39, 0.29) is 5.69 Å². The van der Waals surface area contributed by atoms with Gasteiger partial charge in [0.15, 0.2) is 0 Å². The molecule has 25 heavy (non-hydrogen) atoms. The molecule has 0 aliphatic heterocycles. The van der Waals surface area contributed by atoms with Crippen molar-refractivity contribution in [2.24, 2.45) is 0 Å². The van der Waals surface area contributed by atoms with E-state index in [2.05, 4.69) is 15.0 Å². The maximum atomic E-state index is 10.9.